The molecule has 0 radical (unpaired) electrons. The summed E-state index contributed by atoms with van der Waals surface area (Å²) in [7, 11) is 5.57. The molecule has 0 saturated carbocycles. The third-order valence-corrected chi connectivity index (χ3v) is 4.33. The Hall–Kier alpha value is -3.32. The Bertz CT molecular complexity index is 938. The lowest BCUT2D eigenvalue weighted by Gasteiger charge is -2.12. The predicted octanol–water partition coefficient (Wildman–Crippen LogP) is 3.28. The normalized spacial score (nSPS) is 10.8. The Morgan fingerprint density at radius 2 is 1.93 bits per heavy atom. The molecule has 7 heteroatoms. The van der Waals surface area contributed by atoms with Crippen LogP contribution in [0.5, 0.6) is 11.5 Å². The highest BCUT2D eigenvalue weighted by Gasteiger charge is 2.12. The average molecular weight is 394 g/mol. The number of likely N-dealkylation sites (N-methyl/N-ethyl adjacent to an activating group) is 1. The largest absolute Gasteiger partial charge is 0.493 e. The molecule has 1 amide bonds. The van der Waals surface area contributed by atoms with Gasteiger partial charge in [-0.1, -0.05) is 30.3 Å². The molecule has 0 unspecified atom stereocenters. The average Bonchev–Trinajstić information content (AvgIpc) is 3.18. The van der Waals surface area contributed by atoms with E-state index in [1.54, 1.807) is 36.2 Å². The highest BCUT2D eigenvalue weighted by atomic mass is 16.5. The van der Waals surface area contributed by atoms with Gasteiger partial charge in [-0.05, 0) is 37.9 Å². The molecular formula is C22H26N4O3. The molecule has 0 spiro atoms. The Morgan fingerprint density at radius 3 is 2.66 bits per heavy atom. The molecule has 1 heterocycles. The van der Waals surface area contributed by atoms with E-state index >= 15 is 0 Å². The van der Waals surface area contributed by atoms with Gasteiger partial charge in [0.25, 0.3) is 5.91 Å². The summed E-state index contributed by atoms with van der Waals surface area (Å²) in [4.78, 5) is 14.7. The molecular weight excluding hydrogens is 368 g/mol. The van der Waals surface area contributed by atoms with Crippen LogP contribution in [0.4, 0.5) is 5.69 Å². The van der Waals surface area contributed by atoms with Gasteiger partial charge in [0.15, 0.2) is 11.5 Å². The van der Waals surface area contributed by atoms with Gasteiger partial charge in [-0.2, -0.15) is 5.10 Å². The second-order valence-corrected chi connectivity index (χ2v) is 6.89. The van der Waals surface area contributed by atoms with Crippen molar-refractivity contribution in [2.45, 2.75) is 13.2 Å². The van der Waals surface area contributed by atoms with Crippen molar-refractivity contribution < 1.29 is 14.3 Å². The van der Waals surface area contributed by atoms with Crippen molar-refractivity contribution in [2.75, 3.05) is 33.1 Å². The molecule has 152 valence electrons. The number of hydrogen-bond acceptors (Lipinski definition) is 5. The highest BCUT2D eigenvalue weighted by molar-refractivity contribution is 6.04. The van der Waals surface area contributed by atoms with Crippen LogP contribution in [0.3, 0.4) is 0 Å². The van der Waals surface area contributed by atoms with E-state index in [9.17, 15) is 4.79 Å². The summed E-state index contributed by atoms with van der Waals surface area (Å²) >= 11 is 0. The lowest BCUT2D eigenvalue weighted by Crippen LogP contribution is -2.18. The number of methoxy groups -OCH3 is 1. The predicted molar refractivity (Wildman–Crippen MR) is 113 cm³/mol. The fraction of sp³-hybridized carbons (Fsp3) is 0.273. The van der Waals surface area contributed by atoms with E-state index in [0.717, 1.165) is 18.7 Å². The quantitative estimate of drug-likeness (QED) is 0.603. The standard InChI is InChI=1S/C22H26N4O3/c1-25(2)11-12-26-15-19(14-23-26)24-22(27)18-9-10-20(21(13-18)28-3)29-16-17-7-5-4-6-8-17/h4-10,13-15H,11-12,16H2,1-3H3,(H,24,27). The molecule has 0 fully saturated rings. The number of benzene rings is 2. The van der Waals surface area contributed by atoms with Crippen LogP contribution in [-0.2, 0) is 13.2 Å². The first kappa shape index (κ1) is 20.4. The van der Waals surface area contributed by atoms with Gasteiger partial charge < -0.3 is 19.7 Å². The molecule has 3 aromatic rings. The van der Waals surface area contributed by atoms with E-state index in [4.69, 9.17) is 9.47 Å². The smallest absolute Gasteiger partial charge is 0.255 e. The molecule has 7 nitrogen and oxygen atoms in total. The van der Waals surface area contributed by atoms with Crippen molar-refractivity contribution in [2.24, 2.45) is 0 Å². The summed E-state index contributed by atoms with van der Waals surface area (Å²) in [5, 5.41) is 7.13. The van der Waals surface area contributed by atoms with E-state index in [2.05, 4.69) is 15.3 Å². The fourth-order valence-electron chi connectivity index (χ4n) is 2.72. The number of amides is 1. The molecule has 1 aromatic heterocycles. The van der Waals surface area contributed by atoms with Gasteiger partial charge in [-0.15, -0.1) is 0 Å². The molecule has 0 aliphatic rings. The molecule has 0 aliphatic carbocycles. The van der Waals surface area contributed by atoms with E-state index in [-0.39, 0.29) is 5.91 Å². The third kappa shape index (κ3) is 5.83. The van der Waals surface area contributed by atoms with Crippen LogP contribution in [0, 0.1) is 0 Å². The summed E-state index contributed by atoms with van der Waals surface area (Å²) in [5.41, 5.74) is 2.19. The number of nitrogens with zero attached hydrogens (tertiary/aromatic N) is 3. The van der Waals surface area contributed by atoms with Gasteiger partial charge in [0.2, 0.25) is 0 Å². The Balaban J connectivity index is 1.63. The van der Waals surface area contributed by atoms with Gasteiger partial charge in [0.05, 0.1) is 25.5 Å². The molecule has 0 aliphatic heterocycles. The van der Waals surface area contributed by atoms with Crippen LogP contribution in [0.15, 0.2) is 60.9 Å². The minimum atomic E-state index is -0.231. The van der Waals surface area contributed by atoms with Crippen LogP contribution in [-0.4, -0.2) is 48.3 Å². The van der Waals surface area contributed by atoms with E-state index in [1.165, 1.54) is 0 Å². The van der Waals surface area contributed by atoms with Gasteiger partial charge in [-0.3, -0.25) is 9.48 Å². The highest BCUT2D eigenvalue weighted by Crippen LogP contribution is 2.29. The molecule has 0 saturated heterocycles. The van der Waals surface area contributed by atoms with Gasteiger partial charge >= 0.3 is 0 Å². The number of anilines is 1. The summed E-state index contributed by atoms with van der Waals surface area (Å²) in [5.74, 6) is 0.865. The van der Waals surface area contributed by atoms with Crippen molar-refractivity contribution in [3.8, 4) is 11.5 Å². The van der Waals surface area contributed by atoms with Crippen LogP contribution >= 0.6 is 0 Å². The first-order chi connectivity index (χ1) is 14.0. The molecule has 1 N–H and O–H groups in total. The minimum absolute atomic E-state index is 0.231. The van der Waals surface area contributed by atoms with Crippen molar-refractivity contribution in [3.63, 3.8) is 0 Å². The second-order valence-electron chi connectivity index (χ2n) is 6.89. The van der Waals surface area contributed by atoms with Crippen molar-refractivity contribution in [1.29, 1.82) is 0 Å². The van der Waals surface area contributed by atoms with Crippen molar-refractivity contribution >= 4 is 11.6 Å². The van der Waals surface area contributed by atoms with Crippen molar-refractivity contribution in [3.05, 3.63) is 72.1 Å². The number of carbonyl (C=O) groups is 1. The lowest BCUT2D eigenvalue weighted by atomic mass is 10.2. The maximum absolute atomic E-state index is 12.6. The zero-order valence-corrected chi connectivity index (χ0v) is 17.0. The lowest BCUT2D eigenvalue weighted by molar-refractivity contribution is 0.102. The van der Waals surface area contributed by atoms with E-state index in [0.29, 0.717) is 29.4 Å². The summed E-state index contributed by atoms with van der Waals surface area (Å²) in [6.45, 7) is 2.05. The third-order valence-electron chi connectivity index (χ3n) is 4.33. The van der Waals surface area contributed by atoms with Crippen molar-refractivity contribution in [1.82, 2.24) is 14.7 Å². The van der Waals surface area contributed by atoms with Crippen LogP contribution < -0.4 is 14.8 Å². The molecule has 3 rings (SSSR count). The number of aromatic nitrogens is 2. The number of carbonyl (C=O) groups excluding carboxylic acids is 1. The maximum Gasteiger partial charge on any atom is 0.255 e. The van der Waals surface area contributed by atoms with Gasteiger partial charge in [-0.25, -0.2) is 0 Å². The Morgan fingerprint density at radius 1 is 1.14 bits per heavy atom. The summed E-state index contributed by atoms with van der Waals surface area (Å²) < 4.78 is 13.1. The van der Waals surface area contributed by atoms with Gasteiger partial charge in [0, 0.05) is 18.3 Å². The fourth-order valence-corrected chi connectivity index (χ4v) is 2.72. The molecule has 0 bridgehead atoms. The number of rotatable bonds is 9. The number of ether oxygens (including phenoxy) is 2. The molecule has 0 atom stereocenters. The molecule has 29 heavy (non-hydrogen) atoms. The SMILES string of the molecule is COc1cc(C(=O)Nc2cnn(CCN(C)C)c2)ccc1OCc1ccccc1. The van der Waals surface area contributed by atoms with Crippen LogP contribution in [0.25, 0.3) is 0 Å². The van der Waals surface area contributed by atoms with Crippen LogP contribution in [0.2, 0.25) is 0 Å². The Kier molecular flexibility index (Phi) is 6.86. The summed E-state index contributed by atoms with van der Waals surface area (Å²) in [6, 6.07) is 15.0. The first-order valence-electron chi connectivity index (χ1n) is 9.38. The van der Waals surface area contributed by atoms with Gasteiger partial charge in [0.1, 0.15) is 6.61 Å². The topological polar surface area (TPSA) is 68.6 Å². The monoisotopic (exact) mass is 394 g/mol. The summed E-state index contributed by atoms with van der Waals surface area (Å²) in [6.07, 6.45) is 3.46. The number of hydrogen-bond donors (Lipinski definition) is 1. The van der Waals surface area contributed by atoms with Crippen LogP contribution in [0.1, 0.15) is 15.9 Å². The Labute approximate surface area is 170 Å². The van der Waals surface area contributed by atoms with E-state index in [1.807, 2.05) is 50.6 Å². The second kappa shape index (κ2) is 9.75. The minimum Gasteiger partial charge on any atom is -0.493 e. The number of nitrogens with one attached hydrogen (secondary N) is 1. The zero-order valence-electron chi connectivity index (χ0n) is 17.0. The first-order valence-corrected chi connectivity index (χ1v) is 9.38. The molecule has 2 aromatic carbocycles. The van der Waals surface area contributed by atoms with E-state index < -0.39 is 0 Å². The maximum atomic E-state index is 12.6. The zero-order chi connectivity index (χ0) is 20.6.